The molecule has 2 unspecified atom stereocenters. The summed E-state index contributed by atoms with van der Waals surface area (Å²) in [6.45, 7) is 4.64. The van der Waals surface area contributed by atoms with Gasteiger partial charge in [-0.05, 0) is 29.7 Å². The standard InChI is InChI=1S/C21H20ClN5/c1-2-8-27-9-7-14-16(10-23)20(26)21(12-24,13-25)19(17(14)11-27)15-5-3-4-6-18(15)22/h3-7,16-17,19,26H,2,8-9,11H2,1H3/p+1/t16?,17-,19+/m0/s1. The lowest BCUT2D eigenvalue weighted by Gasteiger charge is -2.46. The fraction of sp³-hybridized carbons (Fsp3) is 0.429. The summed E-state index contributed by atoms with van der Waals surface area (Å²) in [6.07, 6.45) is 3.07. The summed E-state index contributed by atoms with van der Waals surface area (Å²) in [5.74, 6) is -1.55. The van der Waals surface area contributed by atoms with Crippen molar-refractivity contribution >= 4 is 17.3 Å². The molecule has 1 aromatic carbocycles. The van der Waals surface area contributed by atoms with Crippen molar-refractivity contribution in [1.29, 1.82) is 21.2 Å². The van der Waals surface area contributed by atoms with Crippen molar-refractivity contribution in [3.8, 4) is 18.2 Å². The molecule has 1 aliphatic carbocycles. The molecule has 27 heavy (non-hydrogen) atoms. The van der Waals surface area contributed by atoms with Crippen LogP contribution in [0.15, 0.2) is 35.9 Å². The molecule has 0 radical (unpaired) electrons. The van der Waals surface area contributed by atoms with Crippen LogP contribution in [0.2, 0.25) is 5.02 Å². The first-order valence-corrected chi connectivity index (χ1v) is 9.50. The molecule has 1 aliphatic heterocycles. The summed E-state index contributed by atoms with van der Waals surface area (Å²) in [4.78, 5) is 1.36. The zero-order valence-corrected chi connectivity index (χ0v) is 15.9. The van der Waals surface area contributed by atoms with Gasteiger partial charge in [-0.1, -0.05) is 36.7 Å². The monoisotopic (exact) mass is 378 g/mol. The lowest BCUT2D eigenvalue weighted by atomic mass is 9.54. The van der Waals surface area contributed by atoms with Crippen LogP contribution in [0.1, 0.15) is 24.8 Å². The molecule has 1 heterocycles. The highest BCUT2D eigenvalue weighted by atomic mass is 35.5. The van der Waals surface area contributed by atoms with E-state index in [0.717, 1.165) is 31.6 Å². The number of halogens is 1. The number of nitrogens with zero attached hydrogens (tertiary/aromatic N) is 3. The average molecular weight is 379 g/mol. The third kappa shape index (κ3) is 2.92. The number of benzene rings is 1. The maximum Gasteiger partial charge on any atom is 0.190 e. The zero-order chi connectivity index (χ0) is 19.6. The minimum absolute atomic E-state index is 0.124. The number of quaternary nitrogens is 1. The van der Waals surface area contributed by atoms with Gasteiger partial charge in [-0.2, -0.15) is 15.8 Å². The Kier molecular flexibility index (Phi) is 5.33. The van der Waals surface area contributed by atoms with Crippen molar-refractivity contribution in [2.45, 2.75) is 19.3 Å². The van der Waals surface area contributed by atoms with E-state index in [1.807, 2.05) is 24.3 Å². The lowest BCUT2D eigenvalue weighted by Crippen LogP contribution is -3.13. The molecule has 136 valence electrons. The van der Waals surface area contributed by atoms with Gasteiger partial charge in [0.25, 0.3) is 0 Å². The van der Waals surface area contributed by atoms with Crippen molar-refractivity contribution in [2.24, 2.45) is 17.3 Å². The summed E-state index contributed by atoms with van der Waals surface area (Å²) in [6, 6.07) is 13.6. The van der Waals surface area contributed by atoms with Crippen LogP contribution in [0.3, 0.4) is 0 Å². The molecule has 1 aromatic rings. The van der Waals surface area contributed by atoms with Gasteiger partial charge in [0, 0.05) is 16.9 Å². The molecular formula is C21H21ClN5+. The zero-order valence-electron chi connectivity index (χ0n) is 15.2. The minimum atomic E-state index is -1.69. The maximum absolute atomic E-state index is 10.0. The Bertz CT molecular complexity index is 900. The van der Waals surface area contributed by atoms with Gasteiger partial charge in [0.15, 0.2) is 5.41 Å². The van der Waals surface area contributed by atoms with E-state index in [9.17, 15) is 15.8 Å². The molecule has 6 heteroatoms. The Morgan fingerprint density at radius 3 is 2.56 bits per heavy atom. The lowest BCUT2D eigenvalue weighted by molar-refractivity contribution is -0.899. The molecule has 0 amide bonds. The van der Waals surface area contributed by atoms with Crippen LogP contribution in [0.25, 0.3) is 0 Å². The van der Waals surface area contributed by atoms with E-state index in [1.165, 1.54) is 4.90 Å². The quantitative estimate of drug-likeness (QED) is 0.790. The average Bonchev–Trinajstić information content (AvgIpc) is 2.68. The maximum atomic E-state index is 10.0. The van der Waals surface area contributed by atoms with E-state index >= 15 is 0 Å². The van der Waals surface area contributed by atoms with E-state index in [1.54, 1.807) is 6.07 Å². The van der Waals surface area contributed by atoms with Crippen LogP contribution < -0.4 is 4.90 Å². The second kappa shape index (κ2) is 7.53. The largest absolute Gasteiger partial charge is 0.331 e. The van der Waals surface area contributed by atoms with Crippen molar-refractivity contribution in [2.75, 3.05) is 19.6 Å². The van der Waals surface area contributed by atoms with Crippen LogP contribution in [0.5, 0.6) is 0 Å². The SMILES string of the molecule is CCC[NH+]1CC=C2C(C#N)C(=N)C(C#N)(C#N)[C@H](c3ccccc3Cl)[C@H]2C1. The van der Waals surface area contributed by atoms with Gasteiger partial charge in [-0.3, -0.25) is 0 Å². The van der Waals surface area contributed by atoms with Crippen LogP contribution in [-0.4, -0.2) is 25.3 Å². The summed E-state index contributed by atoms with van der Waals surface area (Å²) in [7, 11) is 0. The van der Waals surface area contributed by atoms with Gasteiger partial charge < -0.3 is 10.3 Å². The molecule has 0 aromatic heterocycles. The van der Waals surface area contributed by atoms with Gasteiger partial charge in [-0.25, -0.2) is 0 Å². The molecule has 1 fully saturated rings. The first-order valence-electron chi connectivity index (χ1n) is 9.13. The Labute approximate surface area is 164 Å². The molecular weight excluding hydrogens is 358 g/mol. The Balaban J connectivity index is 2.24. The third-order valence-corrected chi connectivity index (χ3v) is 6.15. The van der Waals surface area contributed by atoms with Gasteiger partial charge in [-0.15, -0.1) is 0 Å². The Hall–Kier alpha value is -2.65. The number of nitriles is 3. The summed E-state index contributed by atoms with van der Waals surface area (Å²) in [5.41, 5.74) is -0.242. The first-order chi connectivity index (χ1) is 13.0. The molecule has 3 rings (SSSR count). The summed E-state index contributed by atoms with van der Waals surface area (Å²) >= 11 is 6.46. The number of hydrogen-bond donors (Lipinski definition) is 2. The van der Waals surface area contributed by atoms with Gasteiger partial charge in [0.1, 0.15) is 5.92 Å². The fourth-order valence-electron chi connectivity index (χ4n) is 4.59. The van der Waals surface area contributed by atoms with Crippen LogP contribution in [0, 0.1) is 56.7 Å². The predicted octanol–water partition coefficient (Wildman–Crippen LogP) is 2.48. The second-order valence-electron chi connectivity index (χ2n) is 7.23. The highest BCUT2D eigenvalue weighted by Crippen LogP contribution is 2.53. The molecule has 0 saturated heterocycles. The van der Waals surface area contributed by atoms with E-state index in [2.05, 4.69) is 25.1 Å². The molecule has 2 aliphatic rings. The van der Waals surface area contributed by atoms with E-state index in [4.69, 9.17) is 17.0 Å². The summed E-state index contributed by atoms with van der Waals surface area (Å²) in [5, 5.41) is 38.8. The third-order valence-electron chi connectivity index (χ3n) is 5.80. The first kappa shape index (κ1) is 19.1. The fourth-order valence-corrected chi connectivity index (χ4v) is 4.84. The van der Waals surface area contributed by atoms with E-state index in [0.29, 0.717) is 10.6 Å². The normalized spacial score (nSPS) is 28.9. The van der Waals surface area contributed by atoms with Crippen molar-refractivity contribution in [3.05, 3.63) is 46.5 Å². The highest BCUT2D eigenvalue weighted by molar-refractivity contribution is 6.31. The van der Waals surface area contributed by atoms with Crippen molar-refractivity contribution in [1.82, 2.24) is 0 Å². The number of nitrogens with one attached hydrogen (secondary N) is 2. The van der Waals surface area contributed by atoms with Crippen LogP contribution >= 0.6 is 11.6 Å². The molecule has 0 bridgehead atoms. The van der Waals surface area contributed by atoms with Crippen LogP contribution in [0.4, 0.5) is 0 Å². The smallest absolute Gasteiger partial charge is 0.190 e. The highest BCUT2D eigenvalue weighted by Gasteiger charge is 2.58. The van der Waals surface area contributed by atoms with Crippen molar-refractivity contribution < 1.29 is 4.90 Å². The summed E-state index contributed by atoms with van der Waals surface area (Å²) < 4.78 is 0. The van der Waals surface area contributed by atoms with E-state index in [-0.39, 0.29) is 11.6 Å². The van der Waals surface area contributed by atoms with Gasteiger partial charge in [0.2, 0.25) is 0 Å². The topological polar surface area (TPSA) is 99.7 Å². The predicted molar refractivity (Wildman–Crippen MR) is 102 cm³/mol. The van der Waals surface area contributed by atoms with Gasteiger partial charge >= 0.3 is 0 Å². The number of rotatable bonds is 3. The second-order valence-corrected chi connectivity index (χ2v) is 7.63. The molecule has 4 atom stereocenters. The molecule has 0 spiro atoms. The molecule has 2 N–H and O–H groups in total. The molecule has 5 nitrogen and oxygen atoms in total. The van der Waals surface area contributed by atoms with Crippen molar-refractivity contribution in [3.63, 3.8) is 0 Å². The van der Waals surface area contributed by atoms with Crippen LogP contribution in [-0.2, 0) is 0 Å². The molecule has 1 saturated carbocycles. The minimum Gasteiger partial charge on any atom is -0.331 e. The van der Waals surface area contributed by atoms with Gasteiger partial charge in [0.05, 0.1) is 43.6 Å². The van der Waals surface area contributed by atoms with E-state index < -0.39 is 17.3 Å². The Morgan fingerprint density at radius 2 is 1.96 bits per heavy atom. The number of hydrogen-bond acceptors (Lipinski definition) is 4. The number of fused-ring (bicyclic) bond motifs is 1. The Morgan fingerprint density at radius 1 is 1.26 bits per heavy atom.